The average Bonchev–Trinajstić information content (AvgIpc) is 2.30. The summed E-state index contributed by atoms with van der Waals surface area (Å²) in [4.78, 5) is 11.8. The third-order valence-corrected chi connectivity index (χ3v) is 3.23. The molecule has 1 aromatic carbocycles. The minimum atomic E-state index is -1.19. The van der Waals surface area contributed by atoms with Gasteiger partial charge in [0, 0.05) is 30.8 Å². The van der Waals surface area contributed by atoms with Crippen LogP contribution in [0, 0.1) is 17.5 Å². The molecule has 3 nitrogen and oxygen atoms in total. The van der Waals surface area contributed by atoms with E-state index in [-0.39, 0.29) is 6.04 Å². The number of piperidine rings is 1. The van der Waals surface area contributed by atoms with Crippen molar-refractivity contribution in [3.05, 3.63) is 35.1 Å². The SMILES string of the molecule is CC1CCC(NC(=O)c2c(F)cc(F)cc2F)CN1. The van der Waals surface area contributed by atoms with E-state index >= 15 is 0 Å². The molecule has 19 heavy (non-hydrogen) atoms. The van der Waals surface area contributed by atoms with Gasteiger partial charge in [0.1, 0.15) is 23.0 Å². The normalized spacial score (nSPS) is 23.2. The summed E-state index contributed by atoms with van der Waals surface area (Å²) in [5.74, 6) is -4.27. The molecule has 1 fully saturated rings. The molecule has 1 amide bonds. The number of carbonyl (C=O) groups excluding carboxylic acids is 1. The van der Waals surface area contributed by atoms with Gasteiger partial charge in [0.2, 0.25) is 0 Å². The first-order valence-corrected chi connectivity index (χ1v) is 6.16. The molecule has 2 unspecified atom stereocenters. The van der Waals surface area contributed by atoms with E-state index in [1.807, 2.05) is 6.92 Å². The molecular formula is C13H15F3N2O. The van der Waals surface area contributed by atoms with Gasteiger partial charge in [-0.05, 0) is 19.8 Å². The van der Waals surface area contributed by atoms with E-state index in [0.29, 0.717) is 24.7 Å². The third-order valence-electron chi connectivity index (χ3n) is 3.23. The summed E-state index contributed by atoms with van der Waals surface area (Å²) in [5.41, 5.74) is -0.736. The second-order valence-electron chi connectivity index (χ2n) is 4.80. The van der Waals surface area contributed by atoms with Crippen molar-refractivity contribution in [2.45, 2.75) is 31.8 Å². The van der Waals surface area contributed by atoms with Crippen molar-refractivity contribution in [3.63, 3.8) is 0 Å². The molecule has 0 radical (unpaired) electrons. The summed E-state index contributed by atoms with van der Waals surface area (Å²) in [6.07, 6.45) is 1.61. The van der Waals surface area contributed by atoms with E-state index in [4.69, 9.17) is 0 Å². The predicted molar refractivity (Wildman–Crippen MR) is 64.3 cm³/mol. The summed E-state index contributed by atoms with van der Waals surface area (Å²) < 4.78 is 39.6. The van der Waals surface area contributed by atoms with Crippen LogP contribution in [0.1, 0.15) is 30.1 Å². The molecule has 0 aliphatic carbocycles. The quantitative estimate of drug-likeness (QED) is 0.864. The first-order chi connectivity index (χ1) is 8.97. The number of benzene rings is 1. The maximum absolute atomic E-state index is 13.4. The molecule has 0 bridgehead atoms. The van der Waals surface area contributed by atoms with E-state index in [0.717, 1.165) is 12.8 Å². The summed E-state index contributed by atoms with van der Waals surface area (Å²) in [6, 6.07) is 1.19. The standard InChI is InChI=1S/C13H15F3N2O/c1-7-2-3-9(6-17-7)18-13(19)12-10(15)4-8(14)5-11(12)16/h4-5,7,9,17H,2-3,6H2,1H3,(H,18,19). The van der Waals surface area contributed by atoms with Gasteiger partial charge in [-0.25, -0.2) is 13.2 Å². The van der Waals surface area contributed by atoms with Crippen LogP contribution in [-0.2, 0) is 0 Å². The van der Waals surface area contributed by atoms with E-state index in [1.165, 1.54) is 0 Å². The van der Waals surface area contributed by atoms with Crippen molar-refractivity contribution in [2.24, 2.45) is 0 Å². The zero-order valence-corrected chi connectivity index (χ0v) is 10.5. The number of hydrogen-bond donors (Lipinski definition) is 2. The molecule has 6 heteroatoms. The molecule has 1 aromatic rings. The molecule has 0 spiro atoms. The van der Waals surface area contributed by atoms with Crippen LogP contribution in [0.25, 0.3) is 0 Å². The van der Waals surface area contributed by atoms with Crippen LogP contribution in [0.15, 0.2) is 12.1 Å². The van der Waals surface area contributed by atoms with Gasteiger partial charge in [-0.2, -0.15) is 0 Å². The van der Waals surface area contributed by atoms with Gasteiger partial charge in [-0.15, -0.1) is 0 Å². The largest absolute Gasteiger partial charge is 0.348 e. The minimum absolute atomic E-state index is 0.174. The molecule has 1 saturated heterocycles. The lowest BCUT2D eigenvalue weighted by Crippen LogP contribution is -2.48. The summed E-state index contributed by atoms with van der Waals surface area (Å²) in [5, 5.41) is 5.72. The molecule has 2 N–H and O–H groups in total. The van der Waals surface area contributed by atoms with Crippen LogP contribution >= 0.6 is 0 Å². The molecule has 1 aliphatic rings. The van der Waals surface area contributed by atoms with Crippen molar-refractivity contribution < 1.29 is 18.0 Å². The van der Waals surface area contributed by atoms with Gasteiger partial charge in [0.05, 0.1) is 0 Å². The fourth-order valence-corrected chi connectivity index (χ4v) is 2.14. The number of nitrogens with one attached hydrogen (secondary N) is 2. The van der Waals surface area contributed by atoms with E-state index < -0.39 is 28.9 Å². The molecule has 2 atom stereocenters. The zero-order valence-electron chi connectivity index (χ0n) is 10.5. The van der Waals surface area contributed by atoms with Crippen LogP contribution in [-0.4, -0.2) is 24.5 Å². The Labute approximate surface area is 109 Å². The molecule has 1 heterocycles. The van der Waals surface area contributed by atoms with Gasteiger partial charge >= 0.3 is 0 Å². The molecule has 104 valence electrons. The lowest BCUT2D eigenvalue weighted by atomic mass is 10.0. The lowest BCUT2D eigenvalue weighted by Gasteiger charge is -2.28. The predicted octanol–water partition coefficient (Wildman–Crippen LogP) is 1.97. The van der Waals surface area contributed by atoms with Crippen molar-refractivity contribution in [2.75, 3.05) is 6.54 Å². The minimum Gasteiger partial charge on any atom is -0.348 e. The Bertz CT molecular complexity index is 462. The van der Waals surface area contributed by atoms with Crippen LogP contribution < -0.4 is 10.6 Å². The molecule has 1 aliphatic heterocycles. The fourth-order valence-electron chi connectivity index (χ4n) is 2.14. The zero-order chi connectivity index (χ0) is 14.0. The Morgan fingerprint density at radius 2 is 1.89 bits per heavy atom. The van der Waals surface area contributed by atoms with Crippen LogP contribution in [0.5, 0.6) is 0 Å². The van der Waals surface area contributed by atoms with Gasteiger partial charge < -0.3 is 10.6 Å². The Hall–Kier alpha value is -1.56. The molecule has 0 aromatic heterocycles. The van der Waals surface area contributed by atoms with Gasteiger partial charge in [-0.1, -0.05) is 0 Å². The maximum Gasteiger partial charge on any atom is 0.257 e. The van der Waals surface area contributed by atoms with E-state index in [1.54, 1.807) is 0 Å². The summed E-state index contributed by atoms with van der Waals surface area (Å²) in [7, 11) is 0. The first-order valence-electron chi connectivity index (χ1n) is 6.16. The molecule has 2 rings (SSSR count). The number of halogens is 3. The van der Waals surface area contributed by atoms with Crippen molar-refractivity contribution in [1.82, 2.24) is 10.6 Å². The average molecular weight is 272 g/mol. The highest BCUT2D eigenvalue weighted by molar-refractivity contribution is 5.95. The van der Waals surface area contributed by atoms with Crippen LogP contribution in [0.3, 0.4) is 0 Å². The molecule has 0 saturated carbocycles. The number of carbonyl (C=O) groups is 1. The second-order valence-corrected chi connectivity index (χ2v) is 4.80. The highest BCUT2D eigenvalue weighted by Gasteiger charge is 2.24. The fraction of sp³-hybridized carbons (Fsp3) is 0.462. The van der Waals surface area contributed by atoms with Crippen molar-refractivity contribution in [1.29, 1.82) is 0 Å². The highest BCUT2D eigenvalue weighted by Crippen LogP contribution is 2.16. The monoisotopic (exact) mass is 272 g/mol. The smallest absolute Gasteiger partial charge is 0.257 e. The first kappa shape index (κ1) is 13.9. The number of hydrogen-bond acceptors (Lipinski definition) is 2. The van der Waals surface area contributed by atoms with Gasteiger partial charge in [0.25, 0.3) is 5.91 Å². The Balaban J connectivity index is 2.08. The Morgan fingerprint density at radius 3 is 2.42 bits per heavy atom. The van der Waals surface area contributed by atoms with E-state index in [9.17, 15) is 18.0 Å². The van der Waals surface area contributed by atoms with E-state index in [2.05, 4.69) is 10.6 Å². The highest BCUT2D eigenvalue weighted by atomic mass is 19.1. The Kier molecular flexibility index (Phi) is 4.09. The van der Waals surface area contributed by atoms with Crippen molar-refractivity contribution >= 4 is 5.91 Å². The van der Waals surface area contributed by atoms with Crippen LogP contribution in [0.2, 0.25) is 0 Å². The topological polar surface area (TPSA) is 41.1 Å². The lowest BCUT2D eigenvalue weighted by molar-refractivity contribution is 0.0919. The number of rotatable bonds is 2. The third kappa shape index (κ3) is 3.26. The molecular weight excluding hydrogens is 257 g/mol. The van der Waals surface area contributed by atoms with Gasteiger partial charge in [-0.3, -0.25) is 4.79 Å². The van der Waals surface area contributed by atoms with Crippen molar-refractivity contribution in [3.8, 4) is 0 Å². The summed E-state index contributed by atoms with van der Waals surface area (Å²) >= 11 is 0. The maximum atomic E-state index is 13.4. The second kappa shape index (κ2) is 5.61. The number of amides is 1. The Morgan fingerprint density at radius 1 is 1.26 bits per heavy atom. The van der Waals surface area contributed by atoms with Gasteiger partial charge in [0.15, 0.2) is 0 Å². The summed E-state index contributed by atoms with van der Waals surface area (Å²) in [6.45, 7) is 2.58. The van der Waals surface area contributed by atoms with Crippen LogP contribution in [0.4, 0.5) is 13.2 Å².